The van der Waals surface area contributed by atoms with Crippen LogP contribution < -0.4 is 9.64 Å². The standard InChI is InChI=1S/C26H22ClN3O6/c1-2-36-20-11-9-19(10-12-20)29-24(31)15-23(26(29)33)28(16-17-6-4-3-5-7-17)25(32)18-8-13-21(27)22(14-18)30(34)35/h3-14,23H,2,15-16H2,1H3. The molecule has 1 unspecified atom stereocenters. The van der Waals surface area contributed by atoms with Crippen molar-refractivity contribution in [2.45, 2.75) is 25.9 Å². The molecule has 0 saturated carbocycles. The zero-order chi connectivity index (χ0) is 25.8. The van der Waals surface area contributed by atoms with Crippen LogP contribution in [0, 0.1) is 10.1 Å². The van der Waals surface area contributed by atoms with Gasteiger partial charge >= 0.3 is 0 Å². The van der Waals surface area contributed by atoms with E-state index in [2.05, 4.69) is 0 Å². The van der Waals surface area contributed by atoms with Crippen molar-refractivity contribution >= 4 is 40.7 Å². The van der Waals surface area contributed by atoms with E-state index in [1.54, 1.807) is 48.5 Å². The first kappa shape index (κ1) is 24.9. The van der Waals surface area contributed by atoms with Gasteiger partial charge in [-0.2, -0.15) is 0 Å². The van der Waals surface area contributed by atoms with Crippen molar-refractivity contribution in [3.8, 4) is 5.75 Å². The molecule has 1 heterocycles. The second-order valence-electron chi connectivity index (χ2n) is 8.06. The maximum atomic E-state index is 13.6. The van der Waals surface area contributed by atoms with Gasteiger partial charge in [-0.05, 0) is 48.9 Å². The van der Waals surface area contributed by atoms with Crippen LogP contribution in [-0.2, 0) is 16.1 Å². The lowest BCUT2D eigenvalue weighted by Gasteiger charge is -2.28. The summed E-state index contributed by atoms with van der Waals surface area (Å²) in [7, 11) is 0. The molecular weight excluding hydrogens is 486 g/mol. The molecule has 0 aliphatic carbocycles. The van der Waals surface area contributed by atoms with Crippen LogP contribution in [0.1, 0.15) is 29.3 Å². The Hall–Kier alpha value is -4.24. The number of nitrogens with zero attached hydrogens (tertiary/aromatic N) is 3. The van der Waals surface area contributed by atoms with E-state index in [0.29, 0.717) is 18.0 Å². The van der Waals surface area contributed by atoms with Gasteiger partial charge in [-0.15, -0.1) is 0 Å². The van der Waals surface area contributed by atoms with Crippen LogP contribution in [0.5, 0.6) is 5.75 Å². The molecule has 4 rings (SSSR count). The molecule has 0 spiro atoms. The molecule has 1 fully saturated rings. The Bertz CT molecular complexity index is 1310. The first-order valence-electron chi connectivity index (χ1n) is 11.2. The Morgan fingerprint density at radius 3 is 2.44 bits per heavy atom. The molecule has 184 valence electrons. The molecule has 9 nitrogen and oxygen atoms in total. The van der Waals surface area contributed by atoms with Gasteiger partial charge in [0.1, 0.15) is 16.8 Å². The minimum atomic E-state index is -1.09. The first-order chi connectivity index (χ1) is 17.3. The number of rotatable bonds is 8. The molecule has 0 N–H and O–H groups in total. The third kappa shape index (κ3) is 5.06. The number of imide groups is 1. The summed E-state index contributed by atoms with van der Waals surface area (Å²) in [5, 5.41) is 11.2. The number of hydrogen-bond acceptors (Lipinski definition) is 6. The summed E-state index contributed by atoms with van der Waals surface area (Å²) in [6.07, 6.45) is -0.222. The second kappa shape index (κ2) is 10.6. The minimum Gasteiger partial charge on any atom is -0.494 e. The number of benzene rings is 3. The number of anilines is 1. The highest BCUT2D eigenvalue weighted by Crippen LogP contribution is 2.31. The van der Waals surface area contributed by atoms with E-state index in [1.807, 2.05) is 13.0 Å². The molecule has 10 heteroatoms. The predicted molar refractivity (Wildman–Crippen MR) is 133 cm³/mol. The lowest BCUT2D eigenvalue weighted by molar-refractivity contribution is -0.384. The highest BCUT2D eigenvalue weighted by atomic mass is 35.5. The number of nitro groups is 1. The van der Waals surface area contributed by atoms with Crippen molar-refractivity contribution in [2.75, 3.05) is 11.5 Å². The molecule has 1 aliphatic rings. The number of halogens is 1. The van der Waals surface area contributed by atoms with Gasteiger partial charge in [-0.3, -0.25) is 24.5 Å². The predicted octanol–water partition coefficient (Wildman–Crippen LogP) is 4.62. The van der Waals surface area contributed by atoms with E-state index < -0.39 is 34.4 Å². The number of carbonyl (C=O) groups excluding carboxylic acids is 3. The smallest absolute Gasteiger partial charge is 0.288 e. The number of nitro benzene ring substituents is 1. The number of hydrogen-bond donors (Lipinski definition) is 0. The van der Waals surface area contributed by atoms with Crippen LogP contribution in [0.25, 0.3) is 0 Å². The molecule has 1 saturated heterocycles. The summed E-state index contributed by atoms with van der Waals surface area (Å²) in [5.74, 6) is -1.04. The lowest BCUT2D eigenvalue weighted by Crippen LogP contribution is -2.45. The van der Waals surface area contributed by atoms with E-state index in [9.17, 15) is 24.5 Å². The fourth-order valence-electron chi connectivity index (χ4n) is 4.04. The SMILES string of the molecule is CCOc1ccc(N2C(=O)CC(N(Cc3ccccc3)C(=O)c3ccc(Cl)c([N+](=O)[O-])c3)C2=O)cc1. The molecule has 0 aromatic heterocycles. The topological polar surface area (TPSA) is 110 Å². The Morgan fingerprint density at radius 1 is 1.11 bits per heavy atom. The summed E-state index contributed by atoms with van der Waals surface area (Å²) < 4.78 is 5.42. The van der Waals surface area contributed by atoms with Gasteiger partial charge in [0.05, 0.1) is 23.6 Å². The Balaban J connectivity index is 1.68. The van der Waals surface area contributed by atoms with Crippen molar-refractivity contribution in [3.63, 3.8) is 0 Å². The van der Waals surface area contributed by atoms with Crippen molar-refractivity contribution < 1.29 is 24.0 Å². The van der Waals surface area contributed by atoms with Crippen LogP contribution in [0.3, 0.4) is 0 Å². The van der Waals surface area contributed by atoms with Gasteiger partial charge in [0, 0.05) is 18.2 Å². The molecule has 0 bridgehead atoms. The zero-order valence-electron chi connectivity index (χ0n) is 19.3. The number of amides is 3. The highest BCUT2D eigenvalue weighted by Gasteiger charge is 2.44. The third-order valence-electron chi connectivity index (χ3n) is 5.75. The van der Waals surface area contributed by atoms with Crippen LogP contribution >= 0.6 is 11.6 Å². The average molecular weight is 508 g/mol. The maximum Gasteiger partial charge on any atom is 0.288 e. The van der Waals surface area contributed by atoms with Crippen molar-refractivity contribution in [2.24, 2.45) is 0 Å². The van der Waals surface area contributed by atoms with Gasteiger partial charge < -0.3 is 9.64 Å². The normalized spacial score (nSPS) is 15.2. The van der Waals surface area contributed by atoms with E-state index in [4.69, 9.17) is 16.3 Å². The van der Waals surface area contributed by atoms with Gasteiger partial charge in [-0.1, -0.05) is 41.9 Å². The second-order valence-corrected chi connectivity index (χ2v) is 8.46. The molecule has 3 aromatic rings. The highest BCUT2D eigenvalue weighted by molar-refractivity contribution is 6.32. The summed E-state index contributed by atoms with van der Waals surface area (Å²) in [6.45, 7) is 2.35. The first-order valence-corrected chi connectivity index (χ1v) is 11.6. The lowest BCUT2D eigenvalue weighted by atomic mass is 10.1. The zero-order valence-corrected chi connectivity index (χ0v) is 20.1. The molecular formula is C26H22ClN3O6. The van der Waals surface area contributed by atoms with E-state index >= 15 is 0 Å². The van der Waals surface area contributed by atoms with Crippen molar-refractivity contribution in [3.05, 3.63) is 99.1 Å². The summed E-state index contributed by atoms with van der Waals surface area (Å²) >= 11 is 5.91. The largest absolute Gasteiger partial charge is 0.494 e. The van der Waals surface area contributed by atoms with Gasteiger partial charge in [0.2, 0.25) is 5.91 Å². The molecule has 0 radical (unpaired) electrons. The Kier molecular flexibility index (Phi) is 7.30. The van der Waals surface area contributed by atoms with Crippen LogP contribution in [-0.4, -0.2) is 40.2 Å². The molecule has 1 atom stereocenters. The average Bonchev–Trinajstić information content (AvgIpc) is 3.17. The molecule has 3 aromatic carbocycles. The molecule has 3 amide bonds. The Labute approximate surface area is 212 Å². The quantitative estimate of drug-likeness (QED) is 0.250. The fourth-order valence-corrected chi connectivity index (χ4v) is 4.23. The molecule has 1 aliphatic heterocycles. The number of carbonyl (C=O) groups is 3. The minimum absolute atomic E-state index is 0.0122. The maximum absolute atomic E-state index is 13.6. The number of ether oxygens (including phenoxy) is 1. The van der Waals surface area contributed by atoms with E-state index in [1.165, 1.54) is 17.0 Å². The molecule has 36 heavy (non-hydrogen) atoms. The Morgan fingerprint density at radius 2 is 1.81 bits per heavy atom. The van der Waals surface area contributed by atoms with E-state index in [-0.39, 0.29) is 23.6 Å². The van der Waals surface area contributed by atoms with E-state index in [0.717, 1.165) is 16.5 Å². The summed E-state index contributed by atoms with van der Waals surface area (Å²) in [6, 6.07) is 18.1. The fraction of sp³-hybridized carbons (Fsp3) is 0.192. The monoisotopic (exact) mass is 507 g/mol. The van der Waals surface area contributed by atoms with Crippen molar-refractivity contribution in [1.29, 1.82) is 0 Å². The van der Waals surface area contributed by atoms with Crippen LogP contribution in [0.4, 0.5) is 11.4 Å². The van der Waals surface area contributed by atoms with Gasteiger partial charge in [0.15, 0.2) is 0 Å². The third-order valence-corrected chi connectivity index (χ3v) is 6.07. The van der Waals surface area contributed by atoms with Gasteiger partial charge in [-0.25, -0.2) is 4.90 Å². The van der Waals surface area contributed by atoms with Crippen LogP contribution in [0.15, 0.2) is 72.8 Å². The summed E-state index contributed by atoms with van der Waals surface area (Å²) in [4.78, 5) is 53.0. The summed E-state index contributed by atoms with van der Waals surface area (Å²) in [5.41, 5.74) is 0.660. The van der Waals surface area contributed by atoms with Crippen LogP contribution in [0.2, 0.25) is 5.02 Å². The van der Waals surface area contributed by atoms with Crippen molar-refractivity contribution in [1.82, 2.24) is 4.90 Å². The van der Waals surface area contributed by atoms with Gasteiger partial charge in [0.25, 0.3) is 17.5 Å².